The lowest BCUT2D eigenvalue weighted by molar-refractivity contribution is -0.123. The largest absolute Gasteiger partial charge is 0.497 e. The molecule has 0 radical (unpaired) electrons. The van der Waals surface area contributed by atoms with Crippen molar-refractivity contribution in [2.45, 2.75) is 0 Å². The summed E-state index contributed by atoms with van der Waals surface area (Å²) in [6, 6.07) is 5.65. The van der Waals surface area contributed by atoms with Crippen LogP contribution in [0.25, 0.3) is 16.5 Å². The summed E-state index contributed by atoms with van der Waals surface area (Å²) in [6.45, 7) is 0. The van der Waals surface area contributed by atoms with Gasteiger partial charge in [0.15, 0.2) is 0 Å². The number of hydrogen-bond acceptors (Lipinski definition) is 3. The zero-order chi connectivity index (χ0) is 13.6. The third-order valence-electron chi connectivity index (χ3n) is 3.24. The van der Waals surface area contributed by atoms with Crippen LogP contribution in [0.4, 0.5) is 0 Å². The zero-order valence-corrected chi connectivity index (χ0v) is 10.6. The second-order valence-corrected chi connectivity index (χ2v) is 4.41. The minimum atomic E-state index is -0.375. The Balaban J connectivity index is 2.27. The fourth-order valence-corrected chi connectivity index (χ4v) is 2.32. The lowest BCUT2D eigenvalue weighted by atomic mass is 10.1. The molecule has 0 atom stereocenters. The Morgan fingerprint density at radius 3 is 2.68 bits per heavy atom. The number of imide groups is 1. The molecule has 3 rings (SSSR count). The maximum absolute atomic E-state index is 11.8. The Bertz CT molecular complexity index is 740. The zero-order valence-electron chi connectivity index (χ0n) is 10.6. The molecule has 0 saturated heterocycles. The van der Waals surface area contributed by atoms with Crippen molar-refractivity contribution < 1.29 is 14.3 Å². The fourth-order valence-electron chi connectivity index (χ4n) is 2.32. The first-order chi connectivity index (χ1) is 9.10. The number of amides is 2. The van der Waals surface area contributed by atoms with E-state index in [0.717, 1.165) is 16.5 Å². The van der Waals surface area contributed by atoms with Gasteiger partial charge in [0.05, 0.1) is 12.7 Å². The Labute approximate surface area is 109 Å². The van der Waals surface area contributed by atoms with Gasteiger partial charge in [-0.1, -0.05) is 0 Å². The summed E-state index contributed by atoms with van der Waals surface area (Å²) in [5, 5.41) is 3.14. The van der Waals surface area contributed by atoms with Crippen molar-refractivity contribution in [1.29, 1.82) is 0 Å². The van der Waals surface area contributed by atoms with Crippen molar-refractivity contribution in [2.24, 2.45) is 7.05 Å². The molecule has 2 heterocycles. The summed E-state index contributed by atoms with van der Waals surface area (Å²) >= 11 is 0. The number of nitrogens with one attached hydrogen (secondary N) is 1. The SMILES string of the molecule is COc1ccc2c(c1)c(C1=CC(=O)NC1=O)cn2C. The minimum absolute atomic E-state index is 0.361. The first kappa shape index (κ1) is 11.5. The van der Waals surface area contributed by atoms with Crippen LogP contribution in [0.2, 0.25) is 0 Å². The number of fused-ring (bicyclic) bond motifs is 1. The van der Waals surface area contributed by atoms with Crippen LogP contribution < -0.4 is 10.1 Å². The molecule has 5 nitrogen and oxygen atoms in total. The molecule has 19 heavy (non-hydrogen) atoms. The van der Waals surface area contributed by atoms with Crippen LogP contribution in [-0.2, 0) is 16.6 Å². The van der Waals surface area contributed by atoms with E-state index in [1.807, 2.05) is 36.0 Å². The van der Waals surface area contributed by atoms with Gasteiger partial charge in [0.2, 0.25) is 0 Å². The van der Waals surface area contributed by atoms with Crippen LogP contribution in [0.3, 0.4) is 0 Å². The number of carbonyl (C=O) groups is 2. The van der Waals surface area contributed by atoms with Crippen LogP contribution in [0, 0.1) is 0 Å². The van der Waals surface area contributed by atoms with Crippen molar-refractivity contribution in [3.05, 3.63) is 36.0 Å². The molecule has 2 amide bonds. The van der Waals surface area contributed by atoms with Gasteiger partial charge in [-0.15, -0.1) is 0 Å². The number of hydrogen-bond donors (Lipinski definition) is 1. The number of methoxy groups -OCH3 is 1. The molecule has 0 aliphatic carbocycles. The number of benzene rings is 1. The molecule has 1 N–H and O–H groups in total. The topological polar surface area (TPSA) is 60.3 Å². The lowest BCUT2D eigenvalue weighted by Gasteiger charge is -2.02. The Hall–Kier alpha value is -2.56. The number of carbonyl (C=O) groups excluding carboxylic acids is 2. The molecule has 1 aromatic heterocycles. The van der Waals surface area contributed by atoms with Crippen LogP contribution in [0.15, 0.2) is 30.5 Å². The molecule has 2 aromatic rings. The molecular weight excluding hydrogens is 244 g/mol. The van der Waals surface area contributed by atoms with E-state index in [1.165, 1.54) is 6.08 Å². The average molecular weight is 256 g/mol. The van der Waals surface area contributed by atoms with Gasteiger partial charge >= 0.3 is 0 Å². The van der Waals surface area contributed by atoms with Crippen molar-refractivity contribution >= 4 is 28.3 Å². The Morgan fingerprint density at radius 1 is 1.26 bits per heavy atom. The molecule has 0 spiro atoms. The minimum Gasteiger partial charge on any atom is -0.497 e. The van der Waals surface area contributed by atoms with Crippen LogP contribution in [0.5, 0.6) is 5.75 Å². The van der Waals surface area contributed by atoms with E-state index in [1.54, 1.807) is 7.11 Å². The molecule has 1 aromatic carbocycles. The number of rotatable bonds is 2. The second-order valence-electron chi connectivity index (χ2n) is 4.41. The van der Waals surface area contributed by atoms with Gasteiger partial charge in [-0.2, -0.15) is 0 Å². The van der Waals surface area contributed by atoms with Gasteiger partial charge in [-0.25, -0.2) is 0 Å². The summed E-state index contributed by atoms with van der Waals surface area (Å²) in [4.78, 5) is 23.0. The van der Waals surface area contributed by atoms with Crippen LogP contribution >= 0.6 is 0 Å². The maximum atomic E-state index is 11.8. The van der Waals surface area contributed by atoms with Gasteiger partial charge in [0, 0.05) is 35.8 Å². The fraction of sp³-hybridized carbons (Fsp3) is 0.143. The van der Waals surface area contributed by atoms with E-state index < -0.39 is 0 Å². The summed E-state index contributed by atoms with van der Waals surface area (Å²) in [7, 11) is 3.49. The van der Waals surface area contributed by atoms with Crippen LogP contribution in [-0.4, -0.2) is 23.5 Å². The highest BCUT2D eigenvalue weighted by Gasteiger charge is 2.25. The smallest absolute Gasteiger partial charge is 0.258 e. The quantitative estimate of drug-likeness (QED) is 0.822. The summed E-state index contributed by atoms with van der Waals surface area (Å²) in [6.07, 6.45) is 3.17. The monoisotopic (exact) mass is 256 g/mol. The van der Waals surface area contributed by atoms with E-state index in [9.17, 15) is 9.59 Å². The highest BCUT2D eigenvalue weighted by molar-refractivity contribution is 6.35. The molecule has 96 valence electrons. The molecule has 0 unspecified atom stereocenters. The number of aromatic nitrogens is 1. The highest BCUT2D eigenvalue weighted by atomic mass is 16.5. The van der Waals surface area contributed by atoms with E-state index >= 15 is 0 Å². The normalized spacial score (nSPS) is 14.7. The molecular formula is C14H12N2O3. The molecule has 0 bridgehead atoms. The van der Waals surface area contributed by atoms with Gasteiger partial charge < -0.3 is 9.30 Å². The first-order valence-electron chi connectivity index (χ1n) is 5.80. The molecule has 1 aliphatic rings. The van der Waals surface area contributed by atoms with Crippen molar-refractivity contribution in [3.63, 3.8) is 0 Å². The van der Waals surface area contributed by atoms with Crippen molar-refractivity contribution in [1.82, 2.24) is 9.88 Å². The Morgan fingerprint density at radius 2 is 2.05 bits per heavy atom. The number of nitrogens with zero attached hydrogens (tertiary/aromatic N) is 1. The standard InChI is InChI=1S/C14H12N2O3/c1-16-7-11(10-6-13(17)15-14(10)18)9-5-8(19-2)3-4-12(9)16/h3-7H,1-2H3,(H,15,17,18). The summed E-state index contributed by atoms with van der Waals surface area (Å²) in [5.41, 5.74) is 2.10. The van der Waals surface area contributed by atoms with Crippen molar-refractivity contribution in [2.75, 3.05) is 7.11 Å². The average Bonchev–Trinajstić information content (AvgIpc) is 2.89. The van der Waals surface area contributed by atoms with Gasteiger partial charge in [-0.05, 0) is 18.2 Å². The van der Waals surface area contributed by atoms with E-state index in [-0.39, 0.29) is 11.8 Å². The lowest BCUT2D eigenvalue weighted by Crippen LogP contribution is -2.21. The number of aryl methyl sites for hydroxylation is 1. The van der Waals surface area contributed by atoms with E-state index in [4.69, 9.17) is 4.74 Å². The summed E-state index contributed by atoms with van der Waals surface area (Å²) < 4.78 is 7.12. The van der Waals surface area contributed by atoms with E-state index in [2.05, 4.69) is 5.32 Å². The molecule has 0 fully saturated rings. The number of ether oxygens (including phenoxy) is 1. The van der Waals surface area contributed by atoms with Crippen LogP contribution in [0.1, 0.15) is 5.56 Å². The van der Waals surface area contributed by atoms with Gasteiger partial charge in [0.25, 0.3) is 11.8 Å². The third kappa shape index (κ3) is 1.71. The molecule has 5 heteroatoms. The second kappa shape index (κ2) is 3.98. The van der Waals surface area contributed by atoms with Gasteiger partial charge in [-0.3, -0.25) is 14.9 Å². The predicted octanol–water partition coefficient (Wildman–Crippen LogP) is 1.23. The summed E-state index contributed by atoms with van der Waals surface area (Å²) in [5.74, 6) is -0.0227. The molecule has 0 saturated carbocycles. The van der Waals surface area contributed by atoms with Crippen molar-refractivity contribution in [3.8, 4) is 5.75 Å². The van der Waals surface area contributed by atoms with E-state index in [0.29, 0.717) is 11.3 Å². The highest BCUT2D eigenvalue weighted by Crippen LogP contribution is 2.31. The predicted molar refractivity (Wildman–Crippen MR) is 70.6 cm³/mol. The molecule has 1 aliphatic heterocycles. The first-order valence-corrected chi connectivity index (χ1v) is 5.80. The van der Waals surface area contributed by atoms with Gasteiger partial charge in [0.1, 0.15) is 5.75 Å². The third-order valence-corrected chi connectivity index (χ3v) is 3.24. The Kier molecular flexibility index (Phi) is 2.41. The maximum Gasteiger partial charge on any atom is 0.258 e.